The second kappa shape index (κ2) is 12.5. The first kappa shape index (κ1) is 31.7. The van der Waals surface area contributed by atoms with Crippen LogP contribution in [0.5, 0.6) is 0 Å². The highest BCUT2D eigenvalue weighted by Crippen LogP contribution is 2.46. The first-order valence-corrected chi connectivity index (χ1v) is 19.5. The number of nitrogens with zero attached hydrogens (tertiary/aromatic N) is 2. The number of hydrogen-bond donors (Lipinski definition) is 0. The average Bonchev–Trinajstić information content (AvgIpc) is 3.95. The molecule has 3 heterocycles. The van der Waals surface area contributed by atoms with Gasteiger partial charge in [-0.05, 0) is 81.9 Å². The predicted octanol–water partition coefficient (Wildman–Crippen LogP) is 14.8. The van der Waals surface area contributed by atoms with E-state index >= 15 is 0 Å². The van der Waals surface area contributed by atoms with Crippen LogP contribution in [0.15, 0.2) is 211 Å². The molecule has 0 aliphatic carbocycles. The van der Waals surface area contributed by atoms with Crippen LogP contribution in [0, 0.1) is 0 Å². The Balaban J connectivity index is 1.14. The van der Waals surface area contributed by atoms with Crippen LogP contribution in [-0.2, 0) is 0 Å². The zero-order valence-corrected chi connectivity index (χ0v) is 30.9. The zero-order chi connectivity index (χ0) is 37.5. The Bertz CT molecular complexity index is 3510. The first-order chi connectivity index (χ1) is 28.3. The lowest BCUT2D eigenvalue weighted by Gasteiger charge is -2.15. The second-order valence-electron chi connectivity index (χ2n) is 14.8. The van der Waals surface area contributed by atoms with Crippen LogP contribution in [0.2, 0.25) is 0 Å². The van der Waals surface area contributed by atoms with Gasteiger partial charge in [0.2, 0.25) is 0 Å². The van der Waals surface area contributed by atoms with Gasteiger partial charge in [0.15, 0.2) is 5.58 Å². The van der Waals surface area contributed by atoms with Gasteiger partial charge in [-0.3, -0.25) is 0 Å². The molecule has 266 valence electrons. The molecular formula is C54H34N2O. The summed E-state index contributed by atoms with van der Waals surface area (Å²) in [5, 5.41) is 7.13. The Morgan fingerprint density at radius 2 is 0.930 bits per heavy atom. The Hall–Kier alpha value is -7.62. The van der Waals surface area contributed by atoms with Crippen LogP contribution in [0.3, 0.4) is 0 Å². The van der Waals surface area contributed by atoms with E-state index in [1.165, 1.54) is 60.4 Å². The van der Waals surface area contributed by atoms with E-state index in [0.29, 0.717) is 0 Å². The smallest absolute Gasteiger partial charge is 0.160 e. The zero-order valence-electron chi connectivity index (χ0n) is 30.9. The van der Waals surface area contributed by atoms with Crippen LogP contribution >= 0.6 is 0 Å². The summed E-state index contributed by atoms with van der Waals surface area (Å²) in [4.78, 5) is 0. The van der Waals surface area contributed by atoms with Crippen molar-refractivity contribution >= 4 is 65.6 Å². The van der Waals surface area contributed by atoms with E-state index in [-0.39, 0.29) is 0 Å². The standard InChI is InChI=1S/C54H34N2O/c1-3-16-35(17-4-1)38-20-7-8-21-40(38)43-32-33-49(54-53(43)45-24-11-14-29-51(45)57-54)56-46-26-12-9-22-41(46)42-31-30-36(34-50(42)56)39-25-15-28-48-52(39)44-23-10-13-27-47(44)55(48)37-18-5-2-6-19-37/h1-34H. The van der Waals surface area contributed by atoms with Crippen molar-refractivity contribution in [3.63, 3.8) is 0 Å². The highest BCUT2D eigenvalue weighted by molar-refractivity contribution is 6.19. The Morgan fingerprint density at radius 1 is 0.316 bits per heavy atom. The Labute approximate surface area is 328 Å². The quantitative estimate of drug-likeness (QED) is 0.173. The van der Waals surface area contributed by atoms with Gasteiger partial charge in [0.1, 0.15) is 5.58 Å². The molecule has 0 atom stereocenters. The van der Waals surface area contributed by atoms with Crippen molar-refractivity contribution < 1.29 is 4.42 Å². The number of furan rings is 1. The molecule has 0 radical (unpaired) electrons. The molecule has 0 saturated heterocycles. The summed E-state index contributed by atoms with van der Waals surface area (Å²) in [6.45, 7) is 0. The van der Waals surface area contributed by atoms with Crippen molar-refractivity contribution in [3.8, 4) is 44.8 Å². The normalized spacial score (nSPS) is 11.9. The van der Waals surface area contributed by atoms with Crippen LogP contribution in [0.4, 0.5) is 0 Å². The van der Waals surface area contributed by atoms with Gasteiger partial charge in [0.25, 0.3) is 0 Å². The van der Waals surface area contributed by atoms with Gasteiger partial charge in [-0.15, -0.1) is 0 Å². The maximum absolute atomic E-state index is 6.95. The van der Waals surface area contributed by atoms with Crippen molar-refractivity contribution in [3.05, 3.63) is 206 Å². The molecule has 0 spiro atoms. The van der Waals surface area contributed by atoms with E-state index < -0.39 is 0 Å². The summed E-state index contributed by atoms with van der Waals surface area (Å²) in [6.07, 6.45) is 0. The van der Waals surface area contributed by atoms with Gasteiger partial charge in [0.05, 0.1) is 27.8 Å². The van der Waals surface area contributed by atoms with Gasteiger partial charge >= 0.3 is 0 Å². The van der Waals surface area contributed by atoms with E-state index in [9.17, 15) is 0 Å². The molecule has 12 aromatic rings. The average molecular weight is 727 g/mol. The fourth-order valence-electron chi connectivity index (χ4n) is 9.32. The third-order valence-electron chi connectivity index (χ3n) is 11.7. The van der Waals surface area contributed by atoms with Crippen LogP contribution in [0.25, 0.3) is 110 Å². The van der Waals surface area contributed by atoms with Crippen LogP contribution in [0.1, 0.15) is 0 Å². The summed E-state index contributed by atoms with van der Waals surface area (Å²) in [6, 6.07) is 74.3. The molecule has 9 aromatic carbocycles. The lowest BCUT2D eigenvalue weighted by Crippen LogP contribution is -1.96. The lowest BCUT2D eigenvalue weighted by molar-refractivity contribution is 0.666. The maximum atomic E-state index is 6.95. The Kier molecular flexibility index (Phi) is 6.93. The molecule has 0 saturated carbocycles. The lowest BCUT2D eigenvalue weighted by atomic mass is 9.91. The molecule has 0 fully saturated rings. The maximum Gasteiger partial charge on any atom is 0.160 e. The molecule has 3 heteroatoms. The van der Waals surface area contributed by atoms with Crippen molar-refractivity contribution in [2.24, 2.45) is 0 Å². The number of fused-ring (bicyclic) bond motifs is 9. The minimum absolute atomic E-state index is 0.873. The summed E-state index contributed by atoms with van der Waals surface area (Å²) >= 11 is 0. The molecule has 57 heavy (non-hydrogen) atoms. The van der Waals surface area contributed by atoms with Crippen LogP contribution in [-0.4, -0.2) is 9.13 Å². The summed E-state index contributed by atoms with van der Waals surface area (Å²) in [7, 11) is 0. The van der Waals surface area contributed by atoms with E-state index in [4.69, 9.17) is 4.42 Å². The molecule has 0 aliphatic rings. The monoisotopic (exact) mass is 726 g/mol. The highest BCUT2D eigenvalue weighted by Gasteiger charge is 2.23. The summed E-state index contributed by atoms with van der Waals surface area (Å²) < 4.78 is 11.8. The minimum Gasteiger partial charge on any atom is -0.454 e. The van der Waals surface area contributed by atoms with Crippen molar-refractivity contribution in [1.82, 2.24) is 9.13 Å². The largest absolute Gasteiger partial charge is 0.454 e. The summed E-state index contributed by atoms with van der Waals surface area (Å²) in [5.74, 6) is 0. The molecule has 12 rings (SSSR count). The first-order valence-electron chi connectivity index (χ1n) is 19.5. The second-order valence-corrected chi connectivity index (χ2v) is 14.8. The number of hydrogen-bond acceptors (Lipinski definition) is 1. The summed E-state index contributed by atoms with van der Waals surface area (Å²) in [5.41, 5.74) is 15.7. The fourth-order valence-corrected chi connectivity index (χ4v) is 9.32. The van der Waals surface area contributed by atoms with E-state index in [0.717, 1.165) is 49.9 Å². The fraction of sp³-hybridized carbons (Fsp3) is 0. The SMILES string of the molecule is c1ccc(-c2ccccc2-c2ccc(-n3c4ccccc4c4ccc(-c5cccc6c5c5ccccc5n6-c5ccccc5)cc43)c3oc4ccccc4c23)cc1. The number of rotatable bonds is 5. The molecule has 3 nitrogen and oxygen atoms in total. The molecule has 0 bridgehead atoms. The topological polar surface area (TPSA) is 23.0 Å². The molecule has 0 aliphatic heterocycles. The molecule has 0 unspecified atom stereocenters. The molecule has 0 amide bonds. The third-order valence-corrected chi connectivity index (χ3v) is 11.7. The number of aromatic nitrogens is 2. The van der Waals surface area contributed by atoms with Gasteiger partial charge < -0.3 is 13.6 Å². The van der Waals surface area contributed by atoms with Crippen LogP contribution < -0.4 is 0 Å². The minimum atomic E-state index is 0.873. The van der Waals surface area contributed by atoms with Crippen molar-refractivity contribution in [2.45, 2.75) is 0 Å². The Morgan fingerprint density at radius 3 is 1.75 bits per heavy atom. The third kappa shape index (κ3) is 4.73. The van der Waals surface area contributed by atoms with E-state index in [1.807, 2.05) is 0 Å². The molecule has 0 N–H and O–H groups in total. The van der Waals surface area contributed by atoms with E-state index in [2.05, 4.69) is 215 Å². The highest BCUT2D eigenvalue weighted by atomic mass is 16.3. The van der Waals surface area contributed by atoms with Crippen molar-refractivity contribution in [1.29, 1.82) is 0 Å². The molecule has 3 aromatic heterocycles. The van der Waals surface area contributed by atoms with Gasteiger partial charge in [0, 0.05) is 38.0 Å². The van der Waals surface area contributed by atoms with Crippen molar-refractivity contribution in [2.75, 3.05) is 0 Å². The van der Waals surface area contributed by atoms with Gasteiger partial charge in [-0.1, -0.05) is 158 Å². The van der Waals surface area contributed by atoms with E-state index in [1.54, 1.807) is 0 Å². The predicted molar refractivity (Wildman–Crippen MR) is 239 cm³/mol. The van der Waals surface area contributed by atoms with Gasteiger partial charge in [-0.25, -0.2) is 0 Å². The number of para-hydroxylation sites is 4. The van der Waals surface area contributed by atoms with Gasteiger partial charge in [-0.2, -0.15) is 0 Å². The number of benzene rings is 9. The molecular weight excluding hydrogens is 693 g/mol.